The molecular formula is C30H36N10. The largest absolute Gasteiger partial charge is 0.397 e. The number of likely N-dealkylation sites (N-methyl/N-ethyl adjacent to an activating group) is 2. The van der Waals surface area contributed by atoms with E-state index in [-0.39, 0.29) is 0 Å². The topological polar surface area (TPSA) is 106 Å². The third kappa shape index (κ3) is 4.64. The van der Waals surface area contributed by atoms with E-state index in [4.69, 9.17) is 15.7 Å². The fraction of sp³-hybridized carbons (Fsp3) is 0.333. The Kier molecular flexibility index (Phi) is 6.63. The number of aryl methyl sites for hydroxylation is 4. The van der Waals surface area contributed by atoms with Crippen molar-refractivity contribution in [3.05, 3.63) is 60.2 Å². The molecule has 40 heavy (non-hydrogen) atoms. The molecule has 3 N–H and O–H groups in total. The summed E-state index contributed by atoms with van der Waals surface area (Å²) < 4.78 is 4.11. The molecule has 6 rings (SSSR count). The van der Waals surface area contributed by atoms with E-state index in [0.717, 1.165) is 72.1 Å². The van der Waals surface area contributed by atoms with Crippen LogP contribution in [0.4, 0.5) is 23.0 Å². The monoisotopic (exact) mass is 536 g/mol. The summed E-state index contributed by atoms with van der Waals surface area (Å²) in [7, 11) is 8.10. The molecule has 0 saturated carbocycles. The molecule has 4 heterocycles. The van der Waals surface area contributed by atoms with Gasteiger partial charge < -0.3 is 25.4 Å². The van der Waals surface area contributed by atoms with E-state index < -0.39 is 0 Å². The highest BCUT2D eigenvalue weighted by molar-refractivity contribution is 6.00. The second-order valence-electron chi connectivity index (χ2n) is 10.9. The molecule has 10 nitrogen and oxygen atoms in total. The molecule has 10 heteroatoms. The maximum Gasteiger partial charge on any atom is 0.227 e. The molecule has 0 fully saturated rings. The van der Waals surface area contributed by atoms with Crippen molar-refractivity contribution in [1.82, 2.24) is 34.2 Å². The van der Waals surface area contributed by atoms with E-state index in [1.54, 1.807) is 11.0 Å². The minimum absolute atomic E-state index is 0.504. The summed E-state index contributed by atoms with van der Waals surface area (Å²) in [6.07, 6.45) is 7.84. The third-order valence-corrected chi connectivity index (χ3v) is 7.74. The Hall–Kier alpha value is -4.44. The van der Waals surface area contributed by atoms with E-state index in [0.29, 0.717) is 11.6 Å². The second-order valence-corrected chi connectivity index (χ2v) is 10.9. The Morgan fingerprint density at radius 3 is 2.70 bits per heavy atom. The smallest absolute Gasteiger partial charge is 0.227 e. The number of hydrogen-bond acceptors (Lipinski definition) is 8. The molecule has 1 aliphatic rings. The van der Waals surface area contributed by atoms with Crippen LogP contribution in [-0.2, 0) is 20.0 Å². The number of nitrogens with one attached hydrogen (secondary N) is 1. The first-order chi connectivity index (χ1) is 19.3. The van der Waals surface area contributed by atoms with Gasteiger partial charge in [-0.25, -0.2) is 19.6 Å². The van der Waals surface area contributed by atoms with Crippen LogP contribution < -0.4 is 16.0 Å². The zero-order valence-electron chi connectivity index (χ0n) is 23.8. The van der Waals surface area contributed by atoms with Crippen molar-refractivity contribution < 1.29 is 0 Å². The van der Waals surface area contributed by atoms with E-state index >= 15 is 0 Å². The Labute approximate surface area is 234 Å². The number of hydrogen-bond donors (Lipinski definition) is 2. The van der Waals surface area contributed by atoms with Gasteiger partial charge in [0.2, 0.25) is 5.95 Å². The lowest BCUT2D eigenvalue weighted by Gasteiger charge is -2.24. The zero-order valence-corrected chi connectivity index (χ0v) is 23.8. The van der Waals surface area contributed by atoms with Gasteiger partial charge in [0.1, 0.15) is 6.33 Å². The van der Waals surface area contributed by atoms with Crippen molar-refractivity contribution in [2.75, 3.05) is 50.2 Å². The number of benzene rings is 2. The van der Waals surface area contributed by atoms with Crippen molar-refractivity contribution in [2.24, 2.45) is 7.05 Å². The van der Waals surface area contributed by atoms with Crippen LogP contribution >= 0.6 is 0 Å². The summed E-state index contributed by atoms with van der Waals surface area (Å²) in [6.45, 7) is 4.90. The van der Waals surface area contributed by atoms with E-state index in [1.807, 2.05) is 19.3 Å². The molecule has 1 aliphatic heterocycles. The van der Waals surface area contributed by atoms with E-state index in [9.17, 15) is 0 Å². The number of nitrogen functional groups attached to an aromatic ring is 1. The van der Waals surface area contributed by atoms with Crippen LogP contribution in [0.15, 0.2) is 49.1 Å². The standard InChI is InChI=1S/C30H36N10/c1-19-14-26(38(4)13-12-37(2)3)24(31)15-25(19)35-30-32-16-22(29-33-18-34-39(29)5)27(36-30)23-17-40-11-7-9-20-8-6-10-21(23)28(20)40/h6,8,10,14-18H,7,9,11-13,31H2,1-5H3,(H,32,35,36). The van der Waals surface area contributed by atoms with Crippen LogP contribution in [0.2, 0.25) is 0 Å². The molecule has 0 bridgehead atoms. The van der Waals surface area contributed by atoms with Crippen LogP contribution in [-0.4, -0.2) is 68.4 Å². The van der Waals surface area contributed by atoms with Gasteiger partial charge in [0, 0.05) is 62.8 Å². The minimum Gasteiger partial charge on any atom is -0.397 e. The Morgan fingerprint density at radius 2 is 1.93 bits per heavy atom. The average Bonchev–Trinajstić information content (AvgIpc) is 3.54. The van der Waals surface area contributed by atoms with Gasteiger partial charge in [-0.15, -0.1) is 0 Å². The van der Waals surface area contributed by atoms with Crippen molar-refractivity contribution in [3.8, 4) is 22.6 Å². The van der Waals surface area contributed by atoms with E-state index in [1.165, 1.54) is 16.5 Å². The SMILES string of the molecule is Cc1cc(N(C)CCN(C)C)c(N)cc1Nc1ncc(-c2ncnn2C)c(-c2cn3c4c(cccc24)CCC3)n1. The number of rotatable bonds is 8. The average molecular weight is 537 g/mol. The van der Waals surface area contributed by atoms with Gasteiger partial charge in [0.05, 0.1) is 28.1 Å². The van der Waals surface area contributed by atoms with Crippen molar-refractivity contribution in [1.29, 1.82) is 0 Å². The van der Waals surface area contributed by atoms with Crippen LogP contribution in [0.1, 0.15) is 17.5 Å². The summed E-state index contributed by atoms with van der Waals surface area (Å²) in [4.78, 5) is 18.7. The molecule has 0 spiro atoms. The summed E-state index contributed by atoms with van der Waals surface area (Å²) >= 11 is 0. The summed E-state index contributed by atoms with van der Waals surface area (Å²) in [5, 5.41) is 8.93. The highest BCUT2D eigenvalue weighted by Crippen LogP contribution is 2.39. The van der Waals surface area contributed by atoms with Crippen LogP contribution in [0.5, 0.6) is 0 Å². The van der Waals surface area contributed by atoms with Crippen LogP contribution in [0.25, 0.3) is 33.5 Å². The minimum atomic E-state index is 0.504. The molecule has 3 aromatic heterocycles. The van der Waals surface area contributed by atoms with Crippen LogP contribution in [0, 0.1) is 6.92 Å². The number of para-hydroxylation sites is 1. The molecule has 0 amide bonds. The van der Waals surface area contributed by atoms with Gasteiger partial charge in [0.25, 0.3) is 0 Å². The fourth-order valence-electron chi connectivity index (χ4n) is 5.56. The lowest BCUT2D eigenvalue weighted by Crippen LogP contribution is -2.29. The summed E-state index contributed by atoms with van der Waals surface area (Å²) in [6, 6.07) is 10.6. The van der Waals surface area contributed by atoms with Gasteiger partial charge in [0.15, 0.2) is 5.82 Å². The number of aromatic nitrogens is 6. The summed E-state index contributed by atoms with van der Waals surface area (Å²) in [5.41, 5.74) is 15.6. The normalized spacial score (nSPS) is 12.8. The number of nitrogens with two attached hydrogens (primary N) is 1. The molecule has 0 aliphatic carbocycles. The van der Waals surface area contributed by atoms with Crippen molar-refractivity contribution in [3.63, 3.8) is 0 Å². The van der Waals surface area contributed by atoms with Crippen molar-refractivity contribution in [2.45, 2.75) is 26.3 Å². The van der Waals surface area contributed by atoms with Gasteiger partial charge in [-0.1, -0.05) is 18.2 Å². The molecule has 2 aromatic carbocycles. The lowest BCUT2D eigenvalue weighted by molar-refractivity contribution is 0.416. The maximum atomic E-state index is 6.52. The molecule has 0 saturated heterocycles. The van der Waals surface area contributed by atoms with Crippen molar-refractivity contribution >= 4 is 33.9 Å². The first kappa shape index (κ1) is 25.8. The molecule has 0 unspecified atom stereocenters. The predicted molar refractivity (Wildman–Crippen MR) is 162 cm³/mol. The quantitative estimate of drug-likeness (QED) is 0.280. The second kappa shape index (κ2) is 10.3. The highest BCUT2D eigenvalue weighted by atomic mass is 15.3. The lowest BCUT2D eigenvalue weighted by atomic mass is 10.0. The Morgan fingerprint density at radius 1 is 1.07 bits per heavy atom. The van der Waals surface area contributed by atoms with Crippen LogP contribution in [0.3, 0.4) is 0 Å². The molecule has 206 valence electrons. The first-order valence-electron chi connectivity index (χ1n) is 13.7. The molecule has 0 atom stereocenters. The molecular weight excluding hydrogens is 500 g/mol. The summed E-state index contributed by atoms with van der Waals surface area (Å²) in [5.74, 6) is 1.23. The molecule has 0 radical (unpaired) electrons. The number of nitrogens with zero attached hydrogens (tertiary/aromatic N) is 8. The van der Waals surface area contributed by atoms with Gasteiger partial charge in [-0.05, 0) is 57.1 Å². The first-order valence-corrected chi connectivity index (χ1v) is 13.7. The van der Waals surface area contributed by atoms with Gasteiger partial charge >= 0.3 is 0 Å². The van der Waals surface area contributed by atoms with Gasteiger partial charge in [-0.3, -0.25) is 0 Å². The maximum absolute atomic E-state index is 6.52. The zero-order chi connectivity index (χ0) is 28.0. The third-order valence-electron chi connectivity index (χ3n) is 7.74. The predicted octanol–water partition coefficient (Wildman–Crippen LogP) is 4.47. The Bertz CT molecular complexity index is 1700. The Balaban J connectivity index is 1.42. The van der Waals surface area contributed by atoms with Gasteiger partial charge in [-0.2, -0.15) is 5.10 Å². The fourth-order valence-corrected chi connectivity index (χ4v) is 5.56. The van der Waals surface area contributed by atoms with E-state index in [2.05, 4.69) is 88.3 Å². The molecule has 5 aromatic rings. The number of anilines is 4. The highest BCUT2D eigenvalue weighted by Gasteiger charge is 2.22.